The van der Waals surface area contributed by atoms with Crippen molar-refractivity contribution in [3.63, 3.8) is 0 Å². The molecule has 170 valence electrons. The third kappa shape index (κ3) is 6.09. The van der Waals surface area contributed by atoms with Gasteiger partial charge in [0.25, 0.3) is 0 Å². The molecule has 0 bridgehead atoms. The fourth-order valence-corrected chi connectivity index (χ4v) is 3.58. The standard InChI is InChI=1S/C23H31N3O4.HI/c1-6-29-20-11-17-10-15(2)30-21(17)12-18(20)14-26-23(24-3)25-13-16-8-7-9-19(27-4)22(16)28-5;/h7-9,11-12,15H,6,10,13-14H2,1-5H3,(H2,24,25,26);1H. The molecule has 0 fully saturated rings. The van der Waals surface area contributed by atoms with Gasteiger partial charge in [0.1, 0.15) is 17.6 Å². The summed E-state index contributed by atoms with van der Waals surface area (Å²) in [5.41, 5.74) is 3.21. The van der Waals surface area contributed by atoms with Crippen molar-refractivity contribution in [1.82, 2.24) is 10.6 Å². The van der Waals surface area contributed by atoms with Gasteiger partial charge in [-0.2, -0.15) is 0 Å². The molecule has 3 rings (SSSR count). The number of aliphatic imine (C=N–C) groups is 1. The summed E-state index contributed by atoms with van der Waals surface area (Å²) in [5.74, 6) is 3.91. The van der Waals surface area contributed by atoms with E-state index in [1.165, 1.54) is 5.56 Å². The molecule has 2 aromatic rings. The molecule has 8 heteroatoms. The minimum atomic E-state index is 0. The second-order valence-corrected chi connectivity index (χ2v) is 7.07. The molecule has 0 saturated carbocycles. The number of hydrogen-bond donors (Lipinski definition) is 2. The van der Waals surface area contributed by atoms with Gasteiger partial charge >= 0.3 is 0 Å². The Labute approximate surface area is 201 Å². The van der Waals surface area contributed by atoms with Gasteiger partial charge in [-0.1, -0.05) is 12.1 Å². The Morgan fingerprint density at radius 1 is 1.10 bits per heavy atom. The first-order valence-corrected chi connectivity index (χ1v) is 10.2. The van der Waals surface area contributed by atoms with E-state index < -0.39 is 0 Å². The largest absolute Gasteiger partial charge is 0.494 e. The molecule has 1 atom stereocenters. The zero-order valence-electron chi connectivity index (χ0n) is 18.8. The average Bonchev–Trinajstić information content (AvgIpc) is 3.12. The molecular weight excluding hydrogens is 509 g/mol. The molecule has 0 saturated heterocycles. The number of guanidine groups is 1. The molecule has 1 unspecified atom stereocenters. The first-order valence-electron chi connectivity index (χ1n) is 10.2. The van der Waals surface area contributed by atoms with Crippen LogP contribution in [-0.4, -0.2) is 39.9 Å². The van der Waals surface area contributed by atoms with Gasteiger partial charge in [-0.25, -0.2) is 0 Å². The number of rotatable bonds is 8. The quantitative estimate of drug-likeness (QED) is 0.300. The van der Waals surface area contributed by atoms with Gasteiger partial charge in [-0.05, 0) is 32.0 Å². The minimum Gasteiger partial charge on any atom is -0.494 e. The summed E-state index contributed by atoms with van der Waals surface area (Å²) in [5, 5.41) is 6.68. The third-order valence-electron chi connectivity index (χ3n) is 4.98. The molecule has 31 heavy (non-hydrogen) atoms. The van der Waals surface area contributed by atoms with Gasteiger partial charge in [-0.15, -0.1) is 24.0 Å². The maximum atomic E-state index is 5.91. The first kappa shape index (κ1) is 24.9. The molecule has 1 heterocycles. The maximum absolute atomic E-state index is 5.91. The van der Waals surface area contributed by atoms with Gasteiger partial charge in [-0.3, -0.25) is 4.99 Å². The summed E-state index contributed by atoms with van der Waals surface area (Å²) in [7, 11) is 5.02. The van der Waals surface area contributed by atoms with Crippen LogP contribution in [0.25, 0.3) is 0 Å². The SMILES string of the molecule is CCOc1cc2c(cc1CNC(=NC)NCc1cccc(OC)c1OC)OC(C)C2.I. The average molecular weight is 541 g/mol. The Balaban J connectivity index is 0.00000341. The predicted molar refractivity (Wildman–Crippen MR) is 133 cm³/mol. The van der Waals surface area contributed by atoms with Crippen molar-refractivity contribution in [2.24, 2.45) is 4.99 Å². The summed E-state index contributed by atoms with van der Waals surface area (Å²) in [6.07, 6.45) is 1.11. The van der Waals surface area contributed by atoms with Crippen molar-refractivity contribution >= 4 is 29.9 Å². The number of benzene rings is 2. The van der Waals surface area contributed by atoms with Crippen molar-refractivity contribution in [3.05, 3.63) is 47.0 Å². The lowest BCUT2D eigenvalue weighted by Gasteiger charge is -2.17. The molecule has 2 aromatic carbocycles. The van der Waals surface area contributed by atoms with E-state index >= 15 is 0 Å². The van der Waals surface area contributed by atoms with E-state index in [1.54, 1.807) is 21.3 Å². The monoisotopic (exact) mass is 541 g/mol. The Hall–Kier alpha value is -2.36. The summed E-state index contributed by atoms with van der Waals surface area (Å²) in [6, 6.07) is 9.97. The van der Waals surface area contributed by atoms with E-state index in [1.807, 2.05) is 25.1 Å². The van der Waals surface area contributed by atoms with Crippen molar-refractivity contribution in [3.8, 4) is 23.0 Å². The lowest BCUT2D eigenvalue weighted by Crippen LogP contribution is -2.36. The number of hydrogen-bond acceptors (Lipinski definition) is 5. The highest BCUT2D eigenvalue weighted by atomic mass is 127. The van der Waals surface area contributed by atoms with Gasteiger partial charge in [0.15, 0.2) is 17.5 Å². The van der Waals surface area contributed by atoms with E-state index in [9.17, 15) is 0 Å². The Kier molecular flexibility index (Phi) is 9.54. The predicted octanol–water partition coefficient (Wildman–Crippen LogP) is 3.91. The van der Waals surface area contributed by atoms with Gasteiger partial charge in [0.05, 0.1) is 20.8 Å². The summed E-state index contributed by atoms with van der Waals surface area (Å²) in [6.45, 7) is 5.80. The molecule has 1 aliphatic heterocycles. The Bertz CT molecular complexity index is 905. The summed E-state index contributed by atoms with van der Waals surface area (Å²) in [4.78, 5) is 4.33. The number of nitrogens with one attached hydrogen (secondary N) is 2. The normalized spacial score (nSPS) is 14.7. The van der Waals surface area contributed by atoms with E-state index in [-0.39, 0.29) is 30.1 Å². The van der Waals surface area contributed by atoms with Crippen LogP contribution in [-0.2, 0) is 19.5 Å². The Morgan fingerprint density at radius 2 is 1.84 bits per heavy atom. The van der Waals surface area contributed by atoms with Crippen molar-refractivity contribution in [1.29, 1.82) is 0 Å². The fraction of sp³-hybridized carbons (Fsp3) is 0.435. The first-order chi connectivity index (χ1) is 14.6. The molecule has 0 amide bonds. The van der Waals surface area contributed by atoms with Crippen LogP contribution in [0.3, 0.4) is 0 Å². The van der Waals surface area contributed by atoms with E-state index in [0.717, 1.165) is 29.0 Å². The topological polar surface area (TPSA) is 73.3 Å². The van der Waals surface area contributed by atoms with Crippen molar-refractivity contribution in [2.45, 2.75) is 39.5 Å². The van der Waals surface area contributed by atoms with Gasteiger partial charge < -0.3 is 29.6 Å². The fourth-order valence-electron chi connectivity index (χ4n) is 3.58. The van der Waals surface area contributed by atoms with E-state index in [4.69, 9.17) is 18.9 Å². The van der Waals surface area contributed by atoms with Crippen LogP contribution < -0.4 is 29.6 Å². The van der Waals surface area contributed by atoms with E-state index in [2.05, 4.69) is 34.7 Å². The molecule has 0 aliphatic carbocycles. The van der Waals surface area contributed by atoms with Crippen LogP contribution in [0.2, 0.25) is 0 Å². The van der Waals surface area contributed by atoms with Crippen LogP contribution in [0, 0.1) is 0 Å². The van der Waals surface area contributed by atoms with Crippen LogP contribution in [0.4, 0.5) is 0 Å². The number of fused-ring (bicyclic) bond motifs is 1. The van der Waals surface area contributed by atoms with Crippen LogP contribution in [0.15, 0.2) is 35.3 Å². The summed E-state index contributed by atoms with van der Waals surface area (Å²) < 4.78 is 22.6. The molecule has 0 aromatic heterocycles. The summed E-state index contributed by atoms with van der Waals surface area (Å²) >= 11 is 0. The molecule has 7 nitrogen and oxygen atoms in total. The highest BCUT2D eigenvalue weighted by molar-refractivity contribution is 14.0. The second kappa shape index (κ2) is 11.9. The number of ether oxygens (including phenoxy) is 4. The number of nitrogens with zero attached hydrogens (tertiary/aromatic N) is 1. The lowest BCUT2D eigenvalue weighted by molar-refractivity contribution is 0.254. The maximum Gasteiger partial charge on any atom is 0.191 e. The molecular formula is C23H32IN3O4. The van der Waals surface area contributed by atoms with E-state index in [0.29, 0.717) is 37.2 Å². The number of methoxy groups -OCH3 is 2. The smallest absolute Gasteiger partial charge is 0.191 e. The molecule has 0 spiro atoms. The lowest BCUT2D eigenvalue weighted by atomic mass is 10.1. The highest BCUT2D eigenvalue weighted by Gasteiger charge is 2.22. The third-order valence-corrected chi connectivity index (χ3v) is 4.98. The van der Waals surface area contributed by atoms with Crippen LogP contribution >= 0.6 is 24.0 Å². The molecule has 1 aliphatic rings. The molecule has 2 N–H and O–H groups in total. The zero-order chi connectivity index (χ0) is 21.5. The Morgan fingerprint density at radius 3 is 2.48 bits per heavy atom. The highest BCUT2D eigenvalue weighted by Crippen LogP contribution is 2.35. The zero-order valence-corrected chi connectivity index (χ0v) is 21.1. The van der Waals surface area contributed by atoms with Gasteiger partial charge in [0.2, 0.25) is 0 Å². The second-order valence-electron chi connectivity index (χ2n) is 7.07. The molecule has 0 radical (unpaired) electrons. The van der Waals surface area contributed by atoms with Gasteiger partial charge in [0, 0.05) is 43.2 Å². The number of para-hydroxylation sites is 1. The van der Waals surface area contributed by atoms with Crippen molar-refractivity contribution in [2.75, 3.05) is 27.9 Å². The van der Waals surface area contributed by atoms with Crippen LogP contribution in [0.1, 0.15) is 30.5 Å². The minimum absolute atomic E-state index is 0. The van der Waals surface area contributed by atoms with Crippen LogP contribution in [0.5, 0.6) is 23.0 Å². The number of halogens is 1. The van der Waals surface area contributed by atoms with Crippen molar-refractivity contribution < 1.29 is 18.9 Å².